The molecule has 0 saturated heterocycles. The van der Waals surface area contributed by atoms with Crippen LogP contribution in [0.2, 0.25) is 0 Å². The molecular formula is C19H19N3O2S. The molecule has 1 aromatic heterocycles. The molecule has 5 nitrogen and oxygen atoms in total. The summed E-state index contributed by atoms with van der Waals surface area (Å²) in [5.41, 5.74) is 3.13. The van der Waals surface area contributed by atoms with Gasteiger partial charge in [-0.25, -0.2) is 0 Å². The minimum Gasteiger partial charge on any atom is -0.497 e. The second-order valence-corrected chi connectivity index (χ2v) is 6.30. The number of anilines is 1. The van der Waals surface area contributed by atoms with Crippen molar-refractivity contribution in [3.63, 3.8) is 0 Å². The third-order valence-corrected chi connectivity index (χ3v) is 4.45. The number of nitrogens with zero attached hydrogens (tertiary/aromatic N) is 2. The van der Waals surface area contributed by atoms with E-state index in [1.165, 1.54) is 17.1 Å². The lowest BCUT2D eigenvalue weighted by Gasteiger charge is -2.03. The summed E-state index contributed by atoms with van der Waals surface area (Å²) in [4.78, 5) is 16.6. The Bertz CT molecular complexity index is 842. The van der Waals surface area contributed by atoms with Crippen LogP contribution in [0.4, 0.5) is 5.13 Å². The number of aryl methyl sites for hydroxylation is 1. The maximum absolute atomic E-state index is 12.2. The zero-order valence-corrected chi connectivity index (χ0v) is 15.0. The first-order valence-electron chi connectivity index (χ1n) is 8.03. The molecule has 0 fully saturated rings. The highest BCUT2D eigenvalue weighted by Gasteiger charge is 2.10. The molecule has 128 valence electrons. The summed E-state index contributed by atoms with van der Waals surface area (Å²) in [7, 11) is 1.62. The standard InChI is InChI=1S/C19H19N3O2S/c1-3-13-4-8-15(9-5-13)18-21-19(25-22-18)20-17(23)12-14-6-10-16(24-2)11-7-14/h4-11H,3,12H2,1-2H3,(H,20,21,22,23). The lowest BCUT2D eigenvalue weighted by atomic mass is 10.1. The first-order valence-corrected chi connectivity index (χ1v) is 8.81. The quantitative estimate of drug-likeness (QED) is 0.728. The Morgan fingerprint density at radius 1 is 1.08 bits per heavy atom. The second-order valence-electron chi connectivity index (χ2n) is 5.55. The van der Waals surface area contributed by atoms with Crippen LogP contribution in [0.5, 0.6) is 5.75 Å². The molecule has 1 N–H and O–H groups in total. The first-order chi connectivity index (χ1) is 12.2. The fraction of sp³-hybridized carbons (Fsp3) is 0.211. The summed E-state index contributed by atoms with van der Waals surface area (Å²) in [6, 6.07) is 15.6. The average molecular weight is 353 g/mol. The van der Waals surface area contributed by atoms with Gasteiger partial charge in [-0.1, -0.05) is 43.3 Å². The molecule has 0 bridgehead atoms. The van der Waals surface area contributed by atoms with Crippen LogP contribution in [0.25, 0.3) is 11.4 Å². The Labute approximate surface area is 150 Å². The molecule has 0 aliphatic heterocycles. The van der Waals surface area contributed by atoms with Crippen molar-refractivity contribution in [3.05, 3.63) is 59.7 Å². The van der Waals surface area contributed by atoms with Crippen LogP contribution in [-0.2, 0) is 17.6 Å². The van der Waals surface area contributed by atoms with E-state index < -0.39 is 0 Å². The van der Waals surface area contributed by atoms with Crippen LogP contribution in [-0.4, -0.2) is 22.4 Å². The number of methoxy groups -OCH3 is 1. The SMILES string of the molecule is CCc1ccc(-c2nsc(NC(=O)Cc3ccc(OC)cc3)n2)cc1. The largest absolute Gasteiger partial charge is 0.497 e. The fourth-order valence-electron chi connectivity index (χ4n) is 2.37. The van der Waals surface area contributed by atoms with E-state index in [-0.39, 0.29) is 12.3 Å². The van der Waals surface area contributed by atoms with Gasteiger partial charge in [-0.15, -0.1) is 0 Å². The number of carbonyl (C=O) groups excluding carboxylic acids is 1. The molecule has 0 atom stereocenters. The van der Waals surface area contributed by atoms with Crippen LogP contribution in [0, 0.1) is 0 Å². The topological polar surface area (TPSA) is 64.1 Å². The van der Waals surface area contributed by atoms with Crippen molar-refractivity contribution in [3.8, 4) is 17.1 Å². The van der Waals surface area contributed by atoms with Crippen molar-refractivity contribution in [2.75, 3.05) is 12.4 Å². The van der Waals surface area contributed by atoms with E-state index in [1.807, 2.05) is 36.4 Å². The van der Waals surface area contributed by atoms with Gasteiger partial charge >= 0.3 is 0 Å². The summed E-state index contributed by atoms with van der Waals surface area (Å²) >= 11 is 1.19. The fourth-order valence-corrected chi connectivity index (χ4v) is 2.98. The highest BCUT2D eigenvalue weighted by atomic mass is 32.1. The molecule has 6 heteroatoms. The number of hydrogen-bond acceptors (Lipinski definition) is 5. The van der Waals surface area contributed by atoms with Crippen LogP contribution in [0.15, 0.2) is 48.5 Å². The zero-order valence-electron chi connectivity index (χ0n) is 14.2. The van der Waals surface area contributed by atoms with Gasteiger partial charge < -0.3 is 10.1 Å². The van der Waals surface area contributed by atoms with E-state index in [0.29, 0.717) is 11.0 Å². The third kappa shape index (κ3) is 4.42. The maximum Gasteiger partial charge on any atom is 0.230 e. The van der Waals surface area contributed by atoms with Crippen LogP contribution >= 0.6 is 11.5 Å². The normalized spacial score (nSPS) is 10.5. The van der Waals surface area contributed by atoms with Gasteiger partial charge in [0.15, 0.2) is 5.82 Å². The van der Waals surface area contributed by atoms with Crippen molar-refractivity contribution in [1.82, 2.24) is 9.36 Å². The summed E-state index contributed by atoms with van der Waals surface area (Å²) in [6.07, 6.45) is 1.28. The number of rotatable bonds is 6. The lowest BCUT2D eigenvalue weighted by Crippen LogP contribution is -2.14. The number of ether oxygens (including phenoxy) is 1. The number of hydrogen-bond donors (Lipinski definition) is 1. The molecule has 0 saturated carbocycles. The van der Waals surface area contributed by atoms with Crippen molar-refractivity contribution in [2.45, 2.75) is 19.8 Å². The highest BCUT2D eigenvalue weighted by molar-refractivity contribution is 7.10. The molecule has 25 heavy (non-hydrogen) atoms. The molecule has 0 unspecified atom stereocenters. The van der Waals surface area contributed by atoms with Gasteiger partial charge in [-0.05, 0) is 29.7 Å². The van der Waals surface area contributed by atoms with E-state index in [9.17, 15) is 4.79 Å². The van der Waals surface area contributed by atoms with E-state index in [2.05, 4.69) is 33.7 Å². The molecule has 0 aliphatic rings. The monoisotopic (exact) mass is 353 g/mol. The lowest BCUT2D eigenvalue weighted by molar-refractivity contribution is -0.115. The van der Waals surface area contributed by atoms with E-state index in [0.717, 1.165) is 23.3 Å². The molecule has 1 heterocycles. The molecular weight excluding hydrogens is 334 g/mol. The van der Waals surface area contributed by atoms with Crippen molar-refractivity contribution in [2.24, 2.45) is 0 Å². The second kappa shape index (κ2) is 7.90. The average Bonchev–Trinajstić information content (AvgIpc) is 3.10. The van der Waals surface area contributed by atoms with E-state index in [1.54, 1.807) is 7.11 Å². The van der Waals surface area contributed by atoms with Gasteiger partial charge in [0, 0.05) is 17.1 Å². The van der Waals surface area contributed by atoms with Crippen molar-refractivity contribution < 1.29 is 9.53 Å². The summed E-state index contributed by atoms with van der Waals surface area (Å²) in [5.74, 6) is 1.29. The Kier molecular flexibility index (Phi) is 5.40. The Balaban J connectivity index is 1.62. The van der Waals surface area contributed by atoms with Gasteiger partial charge in [-0.3, -0.25) is 4.79 Å². The van der Waals surface area contributed by atoms with Gasteiger partial charge in [0.2, 0.25) is 11.0 Å². The predicted molar refractivity (Wildman–Crippen MR) is 100 cm³/mol. The van der Waals surface area contributed by atoms with Gasteiger partial charge in [0.1, 0.15) is 5.75 Å². The van der Waals surface area contributed by atoms with Crippen LogP contribution in [0.3, 0.4) is 0 Å². The highest BCUT2D eigenvalue weighted by Crippen LogP contribution is 2.22. The summed E-state index contributed by atoms with van der Waals surface area (Å²) in [6.45, 7) is 2.12. The third-order valence-electron chi connectivity index (χ3n) is 3.82. The minimum atomic E-state index is -0.116. The smallest absolute Gasteiger partial charge is 0.230 e. The van der Waals surface area contributed by atoms with E-state index in [4.69, 9.17) is 4.74 Å². The molecule has 0 aliphatic carbocycles. The van der Waals surface area contributed by atoms with E-state index >= 15 is 0 Å². The molecule has 1 amide bonds. The number of amides is 1. The van der Waals surface area contributed by atoms with Crippen molar-refractivity contribution in [1.29, 1.82) is 0 Å². The summed E-state index contributed by atoms with van der Waals surface area (Å²) < 4.78 is 9.44. The molecule has 0 spiro atoms. The molecule has 2 aromatic carbocycles. The Hall–Kier alpha value is -2.73. The molecule has 0 radical (unpaired) electrons. The van der Waals surface area contributed by atoms with Gasteiger partial charge in [-0.2, -0.15) is 9.36 Å². The first kappa shape index (κ1) is 17.1. The molecule has 3 rings (SSSR count). The zero-order chi connectivity index (χ0) is 17.6. The summed E-state index contributed by atoms with van der Waals surface area (Å²) in [5, 5.41) is 3.31. The number of carbonyl (C=O) groups is 1. The minimum absolute atomic E-state index is 0.116. The van der Waals surface area contributed by atoms with Gasteiger partial charge in [0.25, 0.3) is 0 Å². The van der Waals surface area contributed by atoms with Crippen LogP contribution in [0.1, 0.15) is 18.1 Å². The van der Waals surface area contributed by atoms with Gasteiger partial charge in [0.05, 0.1) is 13.5 Å². The predicted octanol–water partition coefficient (Wildman–Crippen LogP) is 3.96. The Morgan fingerprint density at radius 3 is 2.40 bits per heavy atom. The van der Waals surface area contributed by atoms with Crippen molar-refractivity contribution >= 4 is 22.6 Å². The molecule has 3 aromatic rings. The number of nitrogens with one attached hydrogen (secondary N) is 1. The van der Waals surface area contributed by atoms with Crippen LogP contribution < -0.4 is 10.1 Å². The Morgan fingerprint density at radius 2 is 1.76 bits per heavy atom. The number of benzene rings is 2. The number of aromatic nitrogens is 2. The maximum atomic E-state index is 12.2.